The van der Waals surface area contributed by atoms with Gasteiger partial charge in [0.25, 0.3) is 0 Å². The van der Waals surface area contributed by atoms with Crippen LogP contribution in [-0.2, 0) is 42.4 Å². The number of aromatic nitrogens is 8. The Balaban J connectivity index is -0.0000000193. The van der Waals surface area contributed by atoms with Gasteiger partial charge in [-0.3, -0.25) is 39.9 Å². The Bertz CT molecular complexity index is 1260. The van der Waals surface area contributed by atoms with Crippen LogP contribution < -0.4 is 30.6 Å². The van der Waals surface area contributed by atoms with E-state index in [1.54, 1.807) is 0 Å². The number of aromatic carboxylic acids is 4. The van der Waals surface area contributed by atoms with Gasteiger partial charge in [-0.25, -0.2) is 0 Å². The summed E-state index contributed by atoms with van der Waals surface area (Å²) in [6.45, 7) is 0. The molecule has 0 radical (unpaired) electrons. The first kappa shape index (κ1) is 124. The second kappa shape index (κ2) is 75.0. The number of nitrogens with zero attached hydrogens (tertiary/aromatic N) is 8. The van der Waals surface area contributed by atoms with Crippen LogP contribution in [0.1, 0.15) is 42.0 Å². The molecule has 0 aliphatic heterocycles. The molecule has 38 N–H and O–H groups in total. The van der Waals surface area contributed by atoms with Crippen molar-refractivity contribution in [2.75, 3.05) is 0 Å². The maximum Gasteiger partial charge on any atom is 3.00 e. The number of carboxylic acids is 6. The average Bonchev–Trinajstić information content (AvgIpc) is 3.00. The molecule has 36 nitrogen and oxygen atoms in total. The summed E-state index contributed by atoms with van der Waals surface area (Å²) in [6.07, 6.45) is 15.3. The average molecular weight is 1190 g/mol. The van der Waals surface area contributed by atoms with Crippen molar-refractivity contribution in [1.29, 1.82) is 0 Å². The summed E-state index contributed by atoms with van der Waals surface area (Å²) in [6, 6.07) is 0. The molecule has 0 fully saturated rings. The molecule has 0 saturated heterocycles. The van der Waals surface area contributed by atoms with Crippen molar-refractivity contribution in [2.24, 2.45) is 0 Å². The van der Waals surface area contributed by atoms with Crippen LogP contribution in [0.2, 0.25) is 0 Å². The van der Waals surface area contributed by atoms with Crippen molar-refractivity contribution in [2.45, 2.75) is 0 Å². The second-order valence-electron chi connectivity index (χ2n) is 6.09. The summed E-state index contributed by atoms with van der Waals surface area (Å²) in [4.78, 5) is 85.7. The number of carbonyl (C=O) groups excluding carboxylic acids is 6. The van der Waals surface area contributed by atoms with Gasteiger partial charge in [0.1, 0.15) is 22.8 Å². The third kappa shape index (κ3) is 64.9. The van der Waals surface area contributed by atoms with Gasteiger partial charge in [0.15, 0.2) is 0 Å². The Hall–Kier alpha value is -4.93. The predicted molar refractivity (Wildman–Crippen MR) is 181 cm³/mol. The molecule has 0 saturated carbocycles. The van der Waals surface area contributed by atoms with Crippen LogP contribution in [-0.4, -0.2) is 130 Å². The minimum Gasteiger partial charge on any atom is -0.543 e. The quantitative estimate of drug-likeness (QED) is 0.135. The number of carbonyl (C=O) groups is 6. The van der Waals surface area contributed by atoms with Crippen LogP contribution in [0.5, 0.6) is 0 Å². The van der Waals surface area contributed by atoms with Gasteiger partial charge >= 0.3 is 77.2 Å². The number of aliphatic carboxylic acids is 2. The summed E-state index contributed by atoms with van der Waals surface area (Å²) in [5, 5.41) is 57.8. The van der Waals surface area contributed by atoms with Gasteiger partial charge in [-0.2, -0.15) is 0 Å². The molecule has 0 bridgehead atoms. The number of hydrogen-bond donors (Lipinski definition) is 0. The molecule has 0 aliphatic carbocycles. The molecule has 358 valence electrons. The van der Waals surface area contributed by atoms with Crippen LogP contribution in [0.25, 0.3) is 0 Å². The summed E-state index contributed by atoms with van der Waals surface area (Å²) in [7, 11) is 0. The zero-order valence-corrected chi connectivity index (χ0v) is 33.8. The molecular formula is C22H50N8O28Tb2+6. The van der Waals surface area contributed by atoms with Gasteiger partial charge < -0.3 is 147 Å². The third-order valence-electron chi connectivity index (χ3n) is 3.26. The van der Waals surface area contributed by atoms with Crippen LogP contribution in [0.15, 0.2) is 74.4 Å². The fourth-order valence-electron chi connectivity index (χ4n) is 1.62. The second-order valence-corrected chi connectivity index (χ2v) is 6.09. The number of carboxylic acid groups (broad SMARTS) is 6. The molecule has 0 aromatic carbocycles. The Morgan fingerprint density at radius 3 is 0.483 bits per heavy atom. The molecule has 4 aromatic rings. The maximum atomic E-state index is 9.99. The number of hydrogen-bond acceptors (Lipinski definition) is 20. The van der Waals surface area contributed by atoms with E-state index in [-0.39, 0.29) is 188 Å². The van der Waals surface area contributed by atoms with Crippen molar-refractivity contribution >= 4 is 35.8 Å². The van der Waals surface area contributed by atoms with Crippen molar-refractivity contribution < 1.29 is 224 Å². The van der Waals surface area contributed by atoms with Crippen molar-refractivity contribution in [1.82, 2.24) is 39.9 Å². The van der Waals surface area contributed by atoms with E-state index in [9.17, 15) is 39.6 Å². The first-order chi connectivity index (χ1) is 19.9. The van der Waals surface area contributed by atoms with E-state index in [1.165, 1.54) is 49.6 Å². The van der Waals surface area contributed by atoms with Crippen LogP contribution in [0.3, 0.4) is 0 Å². The summed E-state index contributed by atoms with van der Waals surface area (Å²) >= 11 is 0. The first-order valence-electron chi connectivity index (χ1n) is 10.2. The standard InChI is InChI=1S/4C5H4N2O2.C2H2O4.16H2O.2Tb/c4*8-5(9)4-3-6-1-2-7-4;3-1(4)2(5)6;;;;;;;;;;;;;;;;;;/h4*1-3H,(H,8,9);(H,3,4)(H,5,6);16*1H2;;/q;;;;;;;;;;;;;;;;;;;;;2*+3. The minimum absolute atomic E-state index is 0. The zero-order valence-electron chi connectivity index (χ0n) is 29.5. The molecular weight excluding hydrogens is 1140 g/mol. The summed E-state index contributed by atoms with van der Waals surface area (Å²) < 4.78 is 0. The Morgan fingerprint density at radius 2 is 0.433 bits per heavy atom. The molecule has 38 heteroatoms. The maximum absolute atomic E-state index is 9.99. The smallest absolute Gasteiger partial charge is 0.543 e. The van der Waals surface area contributed by atoms with Crippen molar-refractivity contribution in [3.8, 4) is 0 Å². The van der Waals surface area contributed by atoms with E-state index in [4.69, 9.17) is 19.8 Å². The molecule has 60 heavy (non-hydrogen) atoms. The predicted octanol–water partition coefficient (Wildman–Crippen LogP) is -21.9. The third-order valence-corrected chi connectivity index (χ3v) is 3.26. The first-order valence-corrected chi connectivity index (χ1v) is 10.2. The molecule has 4 aromatic heterocycles. The Labute approximate surface area is 394 Å². The molecule has 0 amide bonds. The van der Waals surface area contributed by atoms with Gasteiger partial charge in [-0.05, 0) is 0 Å². The van der Waals surface area contributed by atoms with Gasteiger partial charge in [0.2, 0.25) is 0 Å². The topological polar surface area (TPSA) is 857 Å². The molecule has 0 unspecified atom stereocenters. The van der Waals surface area contributed by atoms with E-state index in [2.05, 4.69) is 39.9 Å². The van der Waals surface area contributed by atoms with E-state index < -0.39 is 35.8 Å². The molecule has 0 spiro atoms. The van der Waals surface area contributed by atoms with Crippen LogP contribution >= 0.6 is 0 Å². The summed E-state index contributed by atoms with van der Waals surface area (Å²) in [5.41, 5.74) is -0.565. The van der Waals surface area contributed by atoms with Gasteiger partial charge in [0.05, 0.1) is 60.6 Å². The molecule has 0 aliphatic rings. The van der Waals surface area contributed by atoms with E-state index >= 15 is 0 Å². The van der Waals surface area contributed by atoms with Crippen LogP contribution in [0.4, 0.5) is 0 Å². The fraction of sp³-hybridized carbons (Fsp3) is 0. The Morgan fingerprint density at radius 1 is 0.300 bits per heavy atom. The summed E-state index contributed by atoms with van der Waals surface area (Å²) in [5.74, 6) is -9.58. The largest absolute Gasteiger partial charge is 3.00 e. The number of rotatable bonds is 4. The van der Waals surface area contributed by atoms with Crippen molar-refractivity contribution in [3.05, 3.63) is 97.1 Å². The van der Waals surface area contributed by atoms with Gasteiger partial charge in [-0.15, -0.1) is 0 Å². The normalized spacial score (nSPS) is 6.07. The van der Waals surface area contributed by atoms with Gasteiger partial charge in [0, 0.05) is 49.6 Å². The van der Waals surface area contributed by atoms with E-state index in [0.717, 1.165) is 24.8 Å². The fourth-order valence-corrected chi connectivity index (χ4v) is 1.62. The Kier molecular flexibility index (Phi) is 155. The minimum atomic E-state index is -2.19. The zero-order chi connectivity index (χ0) is 31.9. The molecule has 4 heterocycles. The molecule has 0 atom stereocenters. The van der Waals surface area contributed by atoms with Crippen molar-refractivity contribution in [3.63, 3.8) is 0 Å². The van der Waals surface area contributed by atoms with Gasteiger partial charge in [-0.1, -0.05) is 0 Å². The van der Waals surface area contributed by atoms with E-state index in [0.29, 0.717) is 0 Å². The monoisotopic (exact) mass is 1190 g/mol. The molecule has 4 rings (SSSR count). The SMILES string of the molecule is O.O.O.O.O.O.O.O.O.O.O=C([O-])C(=O)[O-].O=C([O-])c1cnccn1.O=C([O-])c1cnccn1.O=C([O-])c1cnccn1.O=C([O-])c1cnccn1.[OH3+].[OH3+].[OH3+].[OH3+].[OH3+].[OH3+].[Tb+3].[Tb+3]. The van der Waals surface area contributed by atoms with Crippen LogP contribution in [0, 0.1) is 77.2 Å². The van der Waals surface area contributed by atoms with E-state index in [1.807, 2.05) is 0 Å².